The molecule has 5 heterocycles. The molecule has 8 nitrogen and oxygen atoms in total. The quantitative estimate of drug-likeness (QED) is 0.435. The van der Waals surface area contributed by atoms with Gasteiger partial charge in [-0.15, -0.1) is 10.2 Å². The predicted octanol–water partition coefficient (Wildman–Crippen LogP) is 3.78. The molecule has 5 aromatic rings. The van der Waals surface area contributed by atoms with Crippen LogP contribution in [-0.2, 0) is 4.79 Å². The van der Waals surface area contributed by atoms with E-state index in [0.29, 0.717) is 18.1 Å². The van der Waals surface area contributed by atoms with Crippen LogP contribution in [0.3, 0.4) is 0 Å². The molecule has 0 N–H and O–H groups in total. The summed E-state index contributed by atoms with van der Waals surface area (Å²) in [5.41, 5.74) is 3.95. The Hall–Kier alpha value is -4.01. The first-order valence-electron chi connectivity index (χ1n) is 10.4. The lowest BCUT2D eigenvalue weighted by Crippen LogP contribution is -2.25. The van der Waals surface area contributed by atoms with Crippen molar-refractivity contribution in [1.82, 2.24) is 28.9 Å². The van der Waals surface area contributed by atoms with E-state index in [1.807, 2.05) is 38.2 Å². The lowest BCUT2D eigenvalue weighted by atomic mass is 10.1. The minimum atomic E-state index is -0.301. The largest absolute Gasteiger partial charge is 0.432 e. The van der Waals surface area contributed by atoms with E-state index >= 15 is 0 Å². The highest BCUT2D eigenvalue weighted by molar-refractivity contribution is 5.81. The number of oxazole rings is 1. The Morgan fingerprint density at radius 1 is 1.09 bits per heavy atom. The zero-order chi connectivity index (χ0) is 21.8. The number of carbonyl (C=O) groups excluding carboxylic acids is 1. The van der Waals surface area contributed by atoms with Crippen molar-refractivity contribution in [3.63, 3.8) is 0 Å². The number of nitrogens with zero attached hydrogens (tertiary/aromatic N) is 6. The van der Waals surface area contributed by atoms with Crippen molar-refractivity contribution in [2.24, 2.45) is 0 Å². The van der Waals surface area contributed by atoms with Crippen LogP contribution in [0.2, 0.25) is 0 Å². The molecule has 1 aliphatic rings. The van der Waals surface area contributed by atoms with Gasteiger partial charge in [-0.3, -0.25) is 13.6 Å². The first-order valence-corrected chi connectivity index (χ1v) is 10.4. The molecule has 0 bridgehead atoms. The number of imidazole rings is 1. The standard InChI is InChI=1S/C23H19FN6O2/c1-14(31)28-9-8-17(12-28)22-27-26-19-7-4-16(13-30(19)22)21-20(15-2-5-18(24)6-3-15)25-23-29(21)10-11-32-23/h2-7,10-11,13,17H,8-9,12H2,1H3. The van der Waals surface area contributed by atoms with Crippen LogP contribution in [0.4, 0.5) is 4.39 Å². The van der Waals surface area contributed by atoms with Gasteiger partial charge in [0.05, 0.1) is 5.69 Å². The van der Waals surface area contributed by atoms with E-state index in [2.05, 4.69) is 15.2 Å². The van der Waals surface area contributed by atoms with Crippen LogP contribution in [0, 0.1) is 5.82 Å². The number of hydrogen-bond acceptors (Lipinski definition) is 5. The number of hydrogen-bond donors (Lipinski definition) is 0. The summed E-state index contributed by atoms with van der Waals surface area (Å²) in [5, 5.41) is 8.75. The number of halogens is 1. The number of carbonyl (C=O) groups is 1. The molecular weight excluding hydrogens is 411 g/mol. The summed E-state index contributed by atoms with van der Waals surface area (Å²) in [6.07, 6.45) is 6.23. The van der Waals surface area contributed by atoms with Gasteiger partial charge in [0.1, 0.15) is 23.6 Å². The molecule has 0 spiro atoms. The summed E-state index contributed by atoms with van der Waals surface area (Å²) in [5.74, 6) is 1.19. The zero-order valence-electron chi connectivity index (χ0n) is 17.3. The normalized spacial score (nSPS) is 16.4. The smallest absolute Gasteiger partial charge is 0.306 e. The molecule has 160 valence electrons. The van der Waals surface area contributed by atoms with Gasteiger partial charge in [0.25, 0.3) is 0 Å². The van der Waals surface area contributed by atoms with Gasteiger partial charge in [-0.25, -0.2) is 4.39 Å². The molecule has 32 heavy (non-hydrogen) atoms. The molecule has 0 aliphatic carbocycles. The Labute approximate surface area is 181 Å². The Morgan fingerprint density at radius 3 is 2.69 bits per heavy atom. The minimum absolute atomic E-state index is 0.0764. The third kappa shape index (κ3) is 2.89. The van der Waals surface area contributed by atoms with Crippen molar-refractivity contribution in [1.29, 1.82) is 0 Å². The van der Waals surface area contributed by atoms with E-state index in [0.717, 1.165) is 41.3 Å². The van der Waals surface area contributed by atoms with Crippen molar-refractivity contribution >= 4 is 17.4 Å². The van der Waals surface area contributed by atoms with E-state index in [1.165, 1.54) is 12.1 Å². The van der Waals surface area contributed by atoms with E-state index in [4.69, 9.17) is 4.42 Å². The number of likely N-dealkylation sites (tertiary alicyclic amines) is 1. The third-order valence-electron chi connectivity index (χ3n) is 6.08. The SMILES string of the molecule is CC(=O)N1CCC(c2nnc3ccc(-c4c(-c5ccc(F)cc5)nc5occn45)cn23)C1. The fourth-order valence-electron chi connectivity index (χ4n) is 4.45. The van der Waals surface area contributed by atoms with Crippen LogP contribution in [0.25, 0.3) is 34.0 Å². The maximum absolute atomic E-state index is 13.5. The number of aromatic nitrogens is 5. The van der Waals surface area contributed by atoms with E-state index < -0.39 is 0 Å². The van der Waals surface area contributed by atoms with Gasteiger partial charge in [0.2, 0.25) is 5.91 Å². The second kappa shape index (κ2) is 7.01. The van der Waals surface area contributed by atoms with E-state index in [9.17, 15) is 9.18 Å². The highest BCUT2D eigenvalue weighted by atomic mass is 19.1. The summed E-state index contributed by atoms with van der Waals surface area (Å²) in [4.78, 5) is 18.2. The molecule has 1 unspecified atom stereocenters. The van der Waals surface area contributed by atoms with Gasteiger partial charge < -0.3 is 9.32 Å². The molecule has 1 aliphatic heterocycles. The van der Waals surface area contributed by atoms with Crippen molar-refractivity contribution in [2.75, 3.05) is 13.1 Å². The number of rotatable bonds is 3. The fraction of sp³-hybridized carbons (Fsp3) is 0.217. The fourth-order valence-corrected chi connectivity index (χ4v) is 4.45. The van der Waals surface area contributed by atoms with Crippen molar-refractivity contribution in [3.8, 4) is 22.5 Å². The van der Waals surface area contributed by atoms with Gasteiger partial charge in [-0.05, 0) is 42.8 Å². The number of amides is 1. The van der Waals surface area contributed by atoms with Crippen LogP contribution in [0.1, 0.15) is 25.1 Å². The summed E-state index contributed by atoms with van der Waals surface area (Å²) in [7, 11) is 0. The van der Waals surface area contributed by atoms with E-state index in [1.54, 1.807) is 25.3 Å². The lowest BCUT2D eigenvalue weighted by molar-refractivity contribution is -0.127. The zero-order valence-corrected chi connectivity index (χ0v) is 17.3. The topological polar surface area (TPSA) is 80.9 Å². The Morgan fingerprint density at radius 2 is 1.91 bits per heavy atom. The molecule has 1 amide bonds. The second-order valence-electron chi connectivity index (χ2n) is 8.03. The number of fused-ring (bicyclic) bond motifs is 2. The number of benzene rings is 1. The molecule has 0 radical (unpaired) electrons. The highest BCUT2D eigenvalue weighted by Crippen LogP contribution is 2.34. The molecule has 9 heteroatoms. The van der Waals surface area contributed by atoms with Crippen LogP contribution >= 0.6 is 0 Å². The maximum Gasteiger partial charge on any atom is 0.306 e. The third-order valence-corrected chi connectivity index (χ3v) is 6.08. The summed E-state index contributed by atoms with van der Waals surface area (Å²) in [6.45, 7) is 2.95. The van der Waals surface area contributed by atoms with Crippen molar-refractivity contribution < 1.29 is 13.6 Å². The number of pyridine rings is 1. The average Bonchev–Trinajstić information content (AvgIpc) is 3.55. The molecule has 1 fully saturated rings. The molecule has 0 saturated carbocycles. The van der Waals surface area contributed by atoms with Gasteiger partial charge in [0.15, 0.2) is 5.65 Å². The molecule has 1 atom stereocenters. The average molecular weight is 430 g/mol. The molecule has 1 saturated heterocycles. The second-order valence-corrected chi connectivity index (χ2v) is 8.03. The Kier molecular flexibility index (Phi) is 4.11. The van der Waals surface area contributed by atoms with Crippen LogP contribution in [0.5, 0.6) is 0 Å². The highest BCUT2D eigenvalue weighted by Gasteiger charge is 2.29. The monoisotopic (exact) mass is 430 g/mol. The van der Waals surface area contributed by atoms with Gasteiger partial charge >= 0.3 is 5.84 Å². The summed E-state index contributed by atoms with van der Waals surface area (Å²) in [6, 6.07) is 10.1. The lowest BCUT2D eigenvalue weighted by Gasteiger charge is -2.13. The Balaban J connectivity index is 1.49. The first kappa shape index (κ1) is 18.7. The minimum Gasteiger partial charge on any atom is -0.432 e. The Bertz CT molecular complexity index is 1470. The molecule has 6 rings (SSSR count). The first-order chi connectivity index (χ1) is 15.6. The van der Waals surface area contributed by atoms with Gasteiger partial charge in [0, 0.05) is 49.5 Å². The van der Waals surface area contributed by atoms with Crippen molar-refractivity contribution in [3.05, 3.63) is 66.7 Å². The van der Waals surface area contributed by atoms with Gasteiger partial charge in [-0.2, -0.15) is 4.98 Å². The van der Waals surface area contributed by atoms with Crippen LogP contribution in [0.15, 0.2) is 59.5 Å². The molecule has 1 aromatic carbocycles. The predicted molar refractivity (Wildman–Crippen MR) is 114 cm³/mol. The molecule has 4 aromatic heterocycles. The van der Waals surface area contributed by atoms with E-state index in [-0.39, 0.29) is 17.6 Å². The molecular formula is C23H19FN6O2. The van der Waals surface area contributed by atoms with Gasteiger partial charge in [-0.1, -0.05) is 0 Å². The van der Waals surface area contributed by atoms with Crippen LogP contribution in [-0.4, -0.2) is 47.9 Å². The maximum atomic E-state index is 13.5. The van der Waals surface area contributed by atoms with Crippen molar-refractivity contribution in [2.45, 2.75) is 19.3 Å². The summed E-state index contributed by atoms with van der Waals surface area (Å²) >= 11 is 0. The summed E-state index contributed by atoms with van der Waals surface area (Å²) < 4.78 is 22.9. The van der Waals surface area contributed by atoms with Crippen LogP contribution < -0.4 is 0 Å².